The van der Waals surface area contributed by atoms with Crippen molar-refractivity contribution >= 4 is 113 Å². The highest BCUT2D eigenvalue weighted by atomic mass is 16.4. The molecule has 0 heterocycles. The number of carbonyl (C=O) groups is 19. The quantitative estimate of drug-likeness (QED) is 0.0270. The highest BCUT2D eigenvalue weighted by Gasteiger charge is 2.40. The molecule has 116 heavy (non-hydrogen) atoms. The van der Waals surface area contributed by atoms with E-state index in [9.17, 15) is 132 Å². The van der Waals surface area contributed by atoms with Gasteiger partial charge in [-0.25, -0.2) is 4.79 Å². The molecule has 1 rings (SSSR count). The lowest BCUT2D eigenvalue weighted by molar-refractivity contribution is -0.143. The number of carbonyl (C=O) groups excluding carboxylic acids is 14. The van der Waals surface area contributed by atoms with Gasteiger partial charge in [0.1, 0.15) is 72.5 Å². The second kappa shape index (κ2) is 52.4. The molecular weight excluding hydrogens is 1530 g/mol. The number of hydrogen-bond donors (Lipinski definition) is 24. The first kappa shape index (κ1) is 103. The molecule has 17 atom stereocenters. The number of benzene rings is 1. The average molecular weight is 1650 g/mol. The van der Waals surface area contributed by atoms with Gasteiger partial charge in [-0.1, -0.05) is 98.6 Å². The lowest BCUT2D eigenvalue weighted by atomic mass is 9.95. The minimum absolute atomic E-state index is 0.0752. The maximum atomic E-state index is 14.2. The Kier molecular flexibility index (Phi) is 46.5. The van der Waals surface area contributed by atoms with Gasteiger partial charge in [-0.15, -0.1) is 0 Å². The van der Waals surface area contributed by atoms with Crippen LogP contribution in [0.3, 0.4) is 0 Å². The molecule has 0 bridgehead atoms. The topological polar surface area (TPSA) is 721 Å². The number of rotatable bonds is 57. The molecule has 14 amide bonds. The Morgan fingerprint density at radius 3 is 1.21 bits per heavy atom. The summed E-state index contributed by atoms with van der Waals surface area (Å²) < 4.78 is 0. The molecule has 0 aromatic heterocycles. The number of amides is 14. The first-order valence-electron chi connectivity index (χ1n) is 38.0. The first-order valence-corrected chi connectivity index (χ1v) is 38.0. The number of carboxylic acids is 5. The lowest BCUT2D eigenvalue weighted by Gasteiger charge is -2.30. The molecule has 1 aromatic carbocycles. The van der Waals surface area contributed by atoms with Crippen molar-refractivity contribution in [2.45, 2.75) is 269 Å². The van der Waals surface area contributed by atoms with Crippen LogP contribution < -0.4 is 86.3 Å². The van der Waals surface area contributed by atoms with E-state index >= 15 is 0 Å². The monoisotopic (exact) mass is 1650 g/mol. The van der Waals surface area contributed by atoms with Gasteiger partial charge in [-0.3, -0.25) is 86.3 Å². The average Bonchev–Trinajstić information content (AvgIpc) is 0.853. The van der Waals surface area contributed by atoms with Crippen molar-refractivity contribution in [2.24, 2.45) is 40.9 Å². The number of nitrogens with two attached hydrogens (primary N) is 3. The zero-order chi connectivity index (χ0) is 88.5. The van der Waals surface area contributed by atoms with Gasteiger partial charge in [0.05, 0.1) is 43.7 Å². The molecule has 0 unspecified atom stereocenters. The van der Waals surface area contributed by atoms with Crippen LogP contribution in [0.25, 0.3) is 0 Å². The number of primary amides is 1. The van der Waals surface area contributed by atoms with Crippen LogP contribution in [0.4, 0.5) is 0 Å². The Balaban J connectivity index is 3.47. The highest BCUT2D eigenvalue weighted by molar-refractivity contribution is 6.00. The maximum Gasteiger partial charge on any atom is 0.326 e. The van der Waals surface area contributed by atoms with Gasteiger partial charge in [0.15, 0.2) is 0 Å². The van der Waals surface area contributed by atoms with Gasteiger partial charge >= 0.3 is 29.8 Å². The standard InChI is InChI=1S/C73H118N16O27/c1-11-37(8)59(88-66(108)45(23-27-56(101)102)79-63(105)43(21-25-54(97)98)81-72(114)60(39(10)91)89-62(104)41(75)19-15-16-28-74)71(113)85-49(33-90)68(110)80-44(22-26-55(99)100)65(107)87-58(36(6)7)70(112)83-47(31-51(76)93)67(109)82-46(29-34(2)3)50(92)32-52(94)86-57(35(4)5)69(111)77-38(9)61(103)78-42(20-24-53(95)96)64(106)84-48(73(115)116)30-40-17-13-12-14-18-40/h12-14,17-18,34-39,41-50,57-60,90-92H,11,15-16,19-33,74-75H2,1-10H3,(H2,76,93)(H,77,111)(H,78,103)(H,79,105)(H,80,110)(H,81,114)(H,82,109)(H,83,112)(H,84,106)(H,85,113)(H,86,94)(H,87,107)(H,88,108)(H,89,104)(H,95,96)(H,97,98)(H,99,100)(H,101,102)(H,115,116)/t37-,38-,39+,41-,42-,43-,44-,45-,46-,47-,48-,49-,50+,57-,58-,59-,60-/m0/s1. The van der Waals surface area contributed by atoms with Crippen LogP contribution in [0.2, 0.25) is 0 Å². The van der Waals surface area contributed by atoms with E-state index < -0.39 is 298 Å². The number of hydrogen-bond acceptors (Lipinski definition) is 24. The molecule has 0 aliphatic heterocycles. The normalized spacial score (nSPS) is 15.6. The van der Waals surface area contributed by atoms with Crippen molar-refractivity contribution in [1.82, 2.24) is 69.1 Å². The van der Waals surface area contributed by atoms with Gasteiger partial charge in [0, 0.05) is 32.1 Å². The molecule has 43 heteroatoms. The Bertz CT molecular complexity index is 3530. The van der Waals surface area contributed by atoms with Crippen molar-refractivity contribution in [3.63, 3.8) is 0 Å². The summed E-state index contributed by atoms with van der Waals surface area (Å²) in [5.74, 6) is -26.0. The van der Waals surface area contributed by atoms with E-state index in [-0.39, 0.29) is 31.6 Å². The van der Waals surface area contributed by atoms with Crippen molar-refractivity contribution in [1.29, 1.82) is 0 Å². The fraction of sp³-hybridized carbons (Fsp3) is 0.658. The molecule has 27 N–H and O–H groups in total. The van der Waals surface area contributed by atoms with E-state index in [1.807, 2.05) is 0 Å². The van der Waals surface area contributed by atoms with E-state index in [1.54, 1.807) is 51.1 Å². The summed E-state index contributed by atoms with van der Waals surface area (Å²) in [6, 6.07) is -15.0. The molecule has 652 valence electrons. The Labute approximate surface area is 669 Å². The predicted octanol–water partition coefficient (Wildman–Crippen LogP) is -6.04. The fourth-order valence-corrected chi connectivity index (χ4v) is 11.3. The van der Waals surface area contributed by atoms with Gasteiger partial charge in [0.2, 0.25) is 82.7 Å². The Morgan fingerprint density at radius 2 is 0.784 bits per heavy atom. The predicted molar refractivity (Wildman–Crippen MR) is 409 cm³/mol. The molecule has 0 saturated heterocycles. The lowest BCUT2D eigenvalue weighted by Crippen LogP contribution is -2.62. The van der Waals surface area contributed by atoms with Crippen molar-refractivity contribution in [3.8, 4) is 0 Å². The van der Waals surface area contributed by atoms with Crippen LogP contribution in [0, 0.1) is 23.7 Å². The van der Waals surface area contributed by atoms with Gasteiger partial charge < -0.3 is 127 Å². The summed E-state index contributed by atoms with van der Waals surface area (Å²) in [6.07, 6.45) is -9.90. The summed E-state index contributed by atoms with van der Waals surface area (Å²) >= 11 is 0. The summed E-state index contributed by atoms with van der Waals surface area (Å²) in [6.45, 7) is 13.5. The van der Waals surface area contributed by atoms with E-state index in [0.29, 0.717) is 24.9 Å². The highest BCUT2D eigenvalue weighted by Crippen LogP contribution is 2.17. The molecule has 0 aliphatic rings. The van der Waals surface area contributed by atoms with Gasteiger partial charge in [0.25, 0.3) is 0 Å². The van der Waals surface area contributed by atoms with Gasteiger partial charge in [-0.2, -0.15) is 0 Å². The molecular formula is C73H118N16O27. The van der Waals surface area contributed by atoms with Crippen molar-refractivity contribution < 1.29 is 132 Å². The molecule has 0 spiro atoms. The van der Waals surface area contributed by atoms with Crippen molar-refractivity contribution in [3.05, 3.63) is 35.9 Å². The molecule has 0 radical (unpaired) electrons. The Hall–Kier alpha value is -11.1. The molecule has 0 aliphatic carbocycles. The summed E-state index contributed by atoms with van der Waals surface area (Å²) in [7, 11) is 0. The van der Waals surface area contributed by atoms with Crippen LogP contribution in [0.1, 0.15) is 171 Å². The molecule has 43 nitrogen and oxygen atoms in total. The van der Waals surface area contributed by atoms with Crippen LogP contribution in [-0.4, -0.2) is 263 Å². The van der Waals surface area contributed by atoms with Gasteiger partial charge in [-0.05, 0) is 94.6 Å². The number of unbranched alkanes of at least 4 members (excludes halogenated alkanes) is 1. The molecule has 0 saturated carbocycles. The second-order valence-corrected chi connectivity index (χ2v) is 29.3. The zero-order valence-electron chi connectivity index (χ0n) is 66.7. The third-order valence-corrected chi connectivity index (χ3v) is 18.2. The van der Waals surface area contributed by atoms with Crippen LogP contribution >= 0.6 is 0 Å². The van der Waals surface area contributed by atoms with Crippen LogP contribution in [0.15, 0.2) is 30.3 Å². The Morgan fingerprint density at radius 1 is 0.405 bits per heavy atom. The summed E-state index contributed by atoms with van der Waals surface area (Å²) in [5, 5.41) is 111. The third-order valence-electron chi connectivity index (χ3n) is 18.2. The maximum absolute atomic E-state index is 14.2. The number of aliphatic carboxylic acids is 5. The summed E-state index contributed by atoms with van der Waals surface area (Å²) in [4.78, 5) is 251. The fourth-order valence-electron chi connectivity index (χ4n) is 11.3. The first-order chi connectivity index (χ1) is 54.2. The van der Waals surface area contributed by atoms with E-state index in [2.05, 4.69) is 69.1 Å². The second-order valence-electron chi connectivity index (χ2n) is 29.3. The molecule has 0 fully saturated rings. The third kappa shape index (κ3) is 38.9. The van der Waals surface area contributed by atoms with E-state index in [0.717, 1.165) is 6.92 Å². The van der Waals surface area contributed by atoms with E-state index in [4.69, 9.17) is 17.2 Å². The van der Waals surface area contributed by atoms with Crippen LogP contribution in [0.5, 0.6) is 0 Å². The molecule has 1 aromatic rings. The number of nitrogens with one attached hydrogen (secondary N) is 13. The number of aliphatic hydroxyl groups is 3. The van der Waals surface area contributed by atoms with Crippen molar-refractivity contribution in [2.75, 3.05) is 13.2 Å². The SMILES string of the molecule is CC[C@H](C)[C@H](NC(=O)[C@H](CCC(=O)O)NC(=O)[C@H](CCC(=O)O)NC(=O)[C@@H](NC(=O)[C@@H](N)CCCCN)[C@@H](C)O)C(=O)N[C@@H](CO)C(=O)N[C@@H](CCC(=O)O)C(=O)N[C@H](C(=O)N[C@@H](CC(N)=O)C(=O)N[C@@H](CC(C)C)[C@H](O)CC(=O)N[C@H](C(=O)N[C@@H](C)C(=O)N[C@@H](CCC(=O)O)C(=O)N[C@@H](Cc1ccccc1)C(=O)O)C(C)C)C(C)C. The smallest absolute Gasteiger partial charge is 0.326 e. The minimum Gasteiger partial charge on any atom is -0.481 e. The number of carboxylic acid groups (broad SMARTS) is 5. The zero-order valence-corrected chi connectivity index (χ0v) is 66.7. The van der Waals surface area contributed by atoms with Crippen LogP contribution in [-0.2, 0) is 97.5 Å². The number of aliphatic hydroxyl groups excluding tert-OH is 3. The van der Waals surface area contributed by atoms with E-state index in [1.165, 1.54) is 41.5 Å². The summed E-state index contributed by atoms with van der Waals surface area (Å²) in [5.41, 5.74) is 17.5. The largest absolute Gasteiger partial charge is 0.481 e. The minimum atomic E-state index is -2.03.